The third kappa shape index (κ3) is 4.39. The molecule has 0 N–H and O–H groups in total. The zero-order valence-electron chi connectivity index (χ0n) is 12.6. The molecule has 0 fully saturated rings. The van der Waals surface area contributed by atoms with E-state index in [0.29, 0.717) is 11.9 Å². The van der Waals surface area contributed by atoms with Crippen molar-refractivity contribution in [2.45, 2.75) is 45.5 Å². The van der Waals surface area contributed by atoms with Crippen LogP contribution in [0.2, 0.25) is 0 Å². The molecule has 3 heteroatoms. The normalized spacial score (nSPS) is 11.1. The number of anilines is 1. The predicted molar refractivity (Wildman–Crippen MR) is 84.3 cm³/mol. The molecular formula is C16H26ClNO. The third-order valence-electron chi connectivity index (χ3n) is 3.61. The number of alkyl halides is 1. The van der Waals surface area contributed by atoms with Crippen LogP contribution in [-0.2, 0) is 10.6 Å². The Morgan fingerprint density at radius 1 is 1.26 bits per heavy atom. The first kappa shape index (κ1) is 16.3. The Kier molecular flexibility index (Phi) is 7.25. The first-order chi connectivity index (χ1) is 9.17. The van der Waals surface area contributed by atoms with E-state index in [1.165, 1.54) is 16.8 Å². The van der Waals surface area contributed by atoms with Gasteiger partial charge in [0.25, 0.3) is 0 Å². The lowest BCUT2D eigenvalue weighted by Crippen LogP contribution is -2.37. The van der Waals surface area contributed by atoms with Crippen molar-refractivity contribution in [3.05, 3.63) is 29.3 Å². The van der Waals surface area contributed by atoms with Crippen LogP contribution in [0.1, 0.15) is 37.8 Å². The summed E-state index contributed by atoms with van der Waals surface area (Å²) in [5.74, 6) is 0.556. The van der Waals surface area contributed by atoms with E-state index < -0.39 is 0 Å². The largest absolute Gasteiger partial charge is 0.383 e. The van der Waals surface area contributed by atoms with Gasteiger partial charge in [-0.3, -0.25) is 0 Å². The van der Waals surface area contributed by atoms with Gasteiger partial charge in [0, 0.05) is 31.3 Å². The summed E-state index contributed by atoms with van der Waals surface area (Å²) in [6.07, 6.45) is 2.27. The number of aryl methyl sites for hydroxylation is 1. The van der Waals surface area contributed by atoms with E-state index in [1.54, 1.807) is 7.11 Å². The summed E-state index contributed by atoms with van der Waals surface area (Å²) in [5.41, 5.74) is 3.73. The number of methoxy groups -OCH3 is 1. The van der Waals surface area contributed by atoms with Crippen LogP contribution >= 0.6 is 11.6 Å². The molecular weight excluding hydrogens is 258 g/mol. The molecule has 0 aliphatic carbocycles. The monoisotopic (exact) mass is 283 g/mol. The minimum absolute atomic E-state index is 0.542. The van der Waals surface area contributed by atoms with Gasteiger partial charge in [-0.15, -0.1) is 11.6 Å². The van der Waals surface area contributed by atoms with Crippen LogP contribution in [0.15, 0.2) is 18.2 Å². The molecule has 0 saturated carbocycles. The van der Waals surface area contributed by atoms with Gasteiger partial charge in [-0.1, -0.05) is 31.5 Å². The van der Waals surface area contributed by atoms with Gasteiger partial charge >= 0.3 is 0 Å². The number of hydrogen-bond donors (Lipinski definition) is 0. The quantitative estimate of drug-likeness (QED) is 0.657. The van der Waals surface area contributed by atoms with E-state index in [9.17, 15) is 0 Å². The molecule has 0 saturated heterocycles. The lowest BCUT2D eigenvalue weighted by Gasteiger charge is -2.34. The van der Waals surface area contributed by atoms with Gasteiger partial charge in [0.05, 0.1) is 6.61 Å². The Labute approximate surface area is 122 Å². The van der Waals surface area contributed by atoms with Crippen molar-refractivity contribution in [3.63, 3.8) is 0 Å². The van der Waals surface area contributed by atoms with Crippen LogP contribution in [0.4, 0.5) is 5.69 Å². The van der Waals surface area contributed by atoms with Gasteiger partial charge < -0.3 is 9.64 Å². The zero-order valence-corrected chi connectivity index (χ0v) is 13.3. The second-order valence-electron chi connectivity index (χ2n) is 4.92. The van der Waals surface area contributed by atoms with Gasteiger partial charge in [0.1, 0.15) is 0 Å². The first-order valence-corrected chi connectivity index (χ1v) is 7.62. The molecule has 0 aromatic heterocycles. The molecule has 0 aliphatic rings. The Balaban J connectivity index is 3.08. The summed E-state index contributed by atoms with van der Waals surface area (Å²) in [4.78, 5) is 2.45. The fraction of sp³-hybridized carbons (Fsp3) is 0.625. The molecule has 0 atom stereocenters. The van der Waals surface area contributed by atoms with Crippen molar-refractivity contribution >= 4 is 17.3 Å². The van der Waals surface area contributed by atoms with Gasteiger partial charge in [-0.2, -0.15) is 0 Å². The molecule has 0 unspecified atom stereocenters. The number of nitrogens with zero attached hydrogens (tertiary/aromatic N) is 1. The number of halogens is 1. The van der Waals surface area contributed by atoms with Crippen molar-refractivity contribution < 1.29 is 4.74 Å². The van der Waals surface area contributed by atoms with Crippen molar-refractivity contribution in [1.82, 2.24) is 0 Å². The van der Waals surface area contributed by atoms with Crippen molar-refractivity contribution in [2.75, 3.05) is 25.2 Å². The number of benzene rings is 1. The molecule has 1 aromatic rings. The third-order valence-corrected chi connectivity index (χ3v) is 3.90. The van der Waals surface area contributed by atoms with Crippen LogP contribution in [0.25, 0.3) is 0 Å². The maximum absolute atomic E-state index is 6.12. The highest BCUT2D eigenvalue weighted by atomic mass is 35.5. The maximum atomic E-state index is 6.12. The van der Waals surface area contributed by atoms with Crippen LogP contribution < -0.4 is 4.90 Å². The molecule has 0 heterocycles. The summed E-state index contributed by atoms with van der Waals surface area (Å²) in [6.45, 7) is 8.24. The fourth-order valence-corrected chi connectivity index (χ4v) is 2.73. The number of rotatable bonds is 8. The molecule has 1 aromatic carbocycles. The van der Waals surface area contributed by atoms with Crippen molar-refractivity contribution in [1.29, 1.82) is 0 Å². The van der Waals surface area contributed by atoms with E-state index in [0.717, 1.165) is 26.0 Å². The standard InChI is InChI=1S/C16H26ClNO/c1-5-15(6-2)18(9-10-19-4)16-8-7-13(3)11-14(16)12-17/h7-8,11,15H,5-6,9-10,12H2,1-4H3. The van der Waals surface area contributed by atoms with Gasteiger partial charge in [0.15, 0.2) is 0 Å². The molecule has 108 valence electrons. The summed E-state index contributed by atoms with van der Waals surface area (Å²) < 4.78 is 5.26. The summed E-state index contributed by atoms with van der Waals surface area (Å²) in [6, 6.07) is 7.08. The highest BCUT2D eigenvalue weighted by molar-refractivity contribution is 6.17. The molecule has 0 spiro atoms. The van der Waals surface area contributed by atoms with Crippen molar-refractivity contribution in [2.24, 2.45) is 0 Å². The number of hydrogen-bond acceptors (Lipinski definition) is 2. The average Bonchev–Trinajstić information content (AvgIpc) is 2.43. The van der Waals surface area contributed by atoms with E-state index >= 15 is 0 Å². The lowest BCUT2D eigenvalue weighted by molar-refractivity contribution is 0.202. The Hall–Kier alpha value is -0.730. The van der Waals surface area contributed by atoms with Crippen LogP contribution in [0.3, 0.4) is 0 Å². The highest BCUT2D eigenvalue weighted by Crippen LogP contribution is 2.27. The maximum Gasteiger partial charge on any atom is 0.0637 e. The molecule has 0 amide bonds. The van der Waals surface area contributed by atoms with Crippen molar-refractivity contribution in [3.8, 4) is 0 Å². The van der Waals surface area contributed by atoms with Crippen LogP contribution in [-0.4, -0.2) is 26.3 Å². The molecule has 19 heavy (non-hydrogen) atoms. The fourth-order valence-electron chi connectivity index (χ4n) is 2.52. The first-order valence-electron chi connectivity index (χ1n) is 7.08. The molecule has 0 radical (unpaired) electrons. The summed E-state index contributed by atoms with van der Waals surface area (Å²) >= 11 is 6.12. The van der Waals surface area contributed by atoms with E-state index in [-0.39, 0.29) is 0 Å². The molecule has 2 nitrogen and oxygen atoms in total. The molecule has 0 aliphatic heterocycles. The predicted octanol–water partition coefficient (Wildman–Crippen LogP) is 4.38. The Morgan fingerprint density at radius 2 is 1.95 bits per heavy atom. The lowest BCUT2D eigenvalue weighted by atomic mass is 10.0. The second-order valence-corrected chi connectivity index (χ2v) is 5.19. The van der Waals surface area contributed by atoms with Gasteiger partial charge in [-0.25, -0.2) is 0 Å². The average molecular weight is 284 g/mol. The van der Waals surface area contributed by atoms with Crippen LogP contribution in [0, 0.1) is 6.92 Å². The van der Waals surface area contributed by atoms with Gasteiger partial charge in [-0.05, 0) is 31.4 Å². The highest BCUT2D eigenvalue weighted by Gasteiger charge is 2.18. The minimum Gasteiger partial charge on any atom is -0.383 e. The Bertz CT molecular complexity index is 377. The van der Waals surface area contributed by atoms with Crippen LogP contribution in [0.5, 0.6) is 0 Å². The Morgan fingerprint density at radius 3 is 2.47 bits per heavy atom. The summed E-state index contributed by atoms with van der Waals surface area (Å²) in [7, 11) is 1.75. The topological polar surface area (TPSA) is 12.5 Å². The van der Waals surface area contributed by atoms with E-state index in [4.69, 9.17) is 16.3 Å². The second kappa shape index (κ2) is 8.44. The van der Waals surface area contributed by atoms with E-state index in [2.05, 4.69) is 43.9 Å². The molecule has 1 rings (SSSR count). The van der Waals surface area contributed by atoms with E-state index in [1.807, 2.05) is 0 Å². The molecule has 0 bridgehead atoms. The SMILES string of the molecule is CCC(CC)N(CCOC)c1ccc(C)cc1CCl. The number of ether oxygens (including phenoxy) is 1. The van der Waals surface area contributed by atoms with Gasteiger partial charge in [0.2, 0.25) is 0 Å². The minimum atomic E-state index is 0.542. The zero-order chi connectivity index (χ0) is 14.3. The summed E-state index contributed by atoms with van der Waals surface area (Å²) in [5, 5.41) is 0. The smallest absolute Gasteiger partial charge is 0.0637 e.